The number of aromatic nitrogens is 1. The van der Waals surface area contributed by atoms with E-state index >= 15 is 0 Å². The Hall–Kier alpha value is -1.92. The quantitative estimate of drug-likeness (QED) is 0.492. The van der Waals surface area contributed by atoms with E-state index in [0.717, 1.165) is 13.8 Å². The number of hydrogen-bond donors (Lipinski definition) is 2. The van der Waals surface area contributed by atoms with E-state index in [1.54, 1.807) is 18.3 Å². The van der Waals surface area contributed by atoms with Gasteiger partial charge in [-0.3, -0.25) is 9.79 Å². The molecule has 4 heterocycles. The van der Waals surface area contributed by atoms with Gasteiger partial charge < -0.3 is 16.0 Å². The second kappa shape index (κ2) is 7.40. The van der Waals surface area contributed by atoms with E-state index in [1.165, 1.54) is 29.2 Å². The minimum absolute atomic E-state index is 0.0389. The molecule has 0 spiro atoms. The maximum Gasteiger partial charge on any atom is 0.257 e. The lowest BCUT2D eigenvalue weighted by molar-refractivity contribution is 0.0794. The van der Waals surface area contributed by atoms with Crippen LogP contribution in [0.25, 0.3) is 10.2 Å². The molecule has 1 amide bonds. The molecule has 0 saturated carbocycles. The van der Waals surface area contributed by atoms with Gasteiger partial charge in [-0.15, -0.1) is 0 Å². The third-order valence-corrected chi connectivity index (χ3v) is 7.76. The highest BCUT2D eigenvalue weighted by atomic mass is 127. The summed E-state index contributed by atoms with van der Waals surface area (Å²) < 4.78 is 15.2. The highest BCUT2D eigenvalue weighted by molar-refractivity contribution is 14.1. The van der Waals surface area contributed by atoms with Crippen molar-refractivity contribution in [3.8, 4) is 0 Å². The number of halogens is 2. The van der Waals surface area contributed by atoms with E-state index in [9.17, 15) is 9.18 Å². The van der Waals surface area contributed by atoms with Crippen LogP contribution < -0.4 is 11.1 Å². The van der Waals surface area contributed by atoms with Gasteiger partial charge in [0.2, 0.25) is 0 Å². The zero-order valence-electron chi connectivity index (χ0n) is 14.9. The van der Waals surface area contributed by atoms with Crippen LogP contribution in [0.2, 0.25) is 0 Å². The van der Waals surface area contributed by atoms with E-state index in [2.05, 4.69) is 37.9 Å². The van der Waals surface area contributed by atoms with Gasteiger partial charge in [0, 0.05) is 28.2 Å². The Balaban J connectivity index is 1.52. The summed E-state index contributed by atoms with van der Waals surface area (Å²) in [6.07, 6.45) is 1.69. The molecule has 6 nitrogen and oxygen atoms in total. The summed E-state index contributed by atoms with van der Waals surface area (Å²) in [6, 6.07) is 8.68. The lowest BCUT2D eigenvalue weighted by atomic mass is 10.1. The zero-order valence-corrected chi connectivity index (χ0v) is 18.7. The molecular formula is C19H15FIN5OS2. The number of carbonyl (C=O) groups is 1. The molecule has 1 aromatic carbocycles. The highest BCUT2D eigenvalue weighted by Gasteiger charge is 2.41. The summed E-state index contributed by atoms with van der Waals surface area (Å²) in [5, 5.41) is 5.27. The Morgan fingerprint density at radius 1 is 1.34 bits per heavy atom. The topological polar surface area (TPSA) is 83.6 Å². The molecule has 2 aliphatic rings. The Morgan fingerprint density at radius 3 is 3.00 bits per heavy atom. The maximum atomic E-state index is 14.4. The summed E-state index contributed by atoms with van der Waals surface area (Å²) in [4.78, 5) is 24.8. The molecule has 10 heteroatoms. The first kappa shape index (κ1) is 19.1. The number of carbonyl (C=O) groups excluding carboxylic acids is 1. The van der Waals surface area contributed by atoms with Gasteiger partial charge in [-0.2, -0.15) is 0 Å². The van der Waals surface area contributed by atoms with Gasteiger partial charge >= 0.3 is 0 Å². The number of hydrogen-bond acceptors (Lipinski definition) is 7. The fourth-order valence-electron chi connectivity index (χ4n) is 3.62. The summed E-state index contributed by atoms with van der Waals surface area (Å²) in [5.74, 6) is -0.459. The normalized spacial score (nSPS) is 20.8. The summed E-state index contributed by atoms with van der Waals surface area (Å²) in [5.41, 5.74) is 6.66. The van der Waals surface area contributed by atoms with Gasteiger partial charge in [-0.1, -0.05) is 23.1 Å². The number of thiophene rings is 1. The average Bonchev–Trinajstić information content (AvgIpc) is 3.33. The van der Waals surface area contributed by atoms with Crippen molar-refractivity contribution >= 4 is 77.7 Å². The van der Waals surface area contributed by atoms with Crippen molar-refractivity contribution in [2.75, 3.05) is 18.4 Å². The molecule has 3 aromatic rings. The van der Waals surface area contributed by atoms with Crippen molar-refractivity contribution in [3.05, 3.63) is 51.5 Å². The van der Waals surface area contributed by atoms with Crippen molar-refractivity contribution in [1.29, 1.82) is 0 Å². The van der Waals surface area contributed by atoms with Crippen molar-refractivity contribution in [2.24, 2.45) is 10.7 Å². The standard InChI is InChI=1S/C19H15FIN5OS2/c20-11-6-9(21)3-4-12(11)24-17-15(10-2-1-5-23-16(10)29-17)18(27)26-7-13-14(8-26)28-19(22)25-13/h1-6,13-14,24H,7-8H2,(H2,22,25)/t13-,14+/m0/s1. The largest absolute Gasteiger partial charge is 0.379 e. The number of nitrogens with two attached hydrogens (primary N) is 1. The molecule has 5 rings (SSSR count). The van der Waals surface area contributed by atoms with E-state index in [4.69, 9.17) is 5.73 Å². The van der Waals surface area contributed by atoms with E-state index in [-0.39, 0.29) is 23.0 Å². The number of nitrogens with one attached hydrogen (secondary N) is 1. The molecule has 2 aliphatic heterocycles. The molecule has 148 valence electrons. The SMILES string of the molecule is NC1=N[C@H]2CN(C(=O)c3c(Nc4ccc(I)cc4F)sc4ncccc34)C[C@H]2S1. The van der Waals surface area contributed by atoms with Gasteiger partial charge in [0.05, 0.1) is 22.5 Å². The molecule has 1 fully saturated rings. The Bertz CT molecular complexity index is 1170. The minimum atomic E-state index is -0.363. The number of pyridine rings is 1. The van der Waals surface area contributed by atoms with Gasteiger partial charge in [-0.05, 0) is 52.9 Å². The Morgan fingerprint density at radius 2 is 2.21 bits per heavy atom. The van der Waals surface area contributed by atoms with Crippen LogP contribution in [-0.4, -0.2) is 45.3 Å². The predicted molar refractivity (Wildman–Crippen MR) is 125 cm³/mol. The summed E-state index contributed by atoms with van der Waals surface area (Å²) in [6.45, 7) is 1.12. The maximum absolute atomic E-state index is 14.4. The van der Waals surface area contributed by atoms with Gasteiger partial charge in [0.25, 0.3) is 5.91 Å². The second-order valence-corrected chi connectivity index (χ2v) is 10.3. The van der Waals surface area contributed by atoms with E-state index in [0.29, 0.717) is 34.5 Å². The number of thioether (sulfide) groups is 1. The smallest absolute Gasteiger partial charge is 0.257 e. The van der Waals surface area contributed by atoms with Crippen LogP contribution in [0.1, 0.15) is 10.4 Å². The number of likely N-dealkylation sites (tertiary alicyclic amines) is 1. The van der Waals surface area contributed by atoms with E-state index in [1.807, 2.05) is 17.0 Å². The fraction of sp³-hybridized carbons (Fsp3) is 0.211. The van der Waals surface area contributed by atoms with Crippen LogP contribution in [-0.2, 0) is 0 Å². The molecule has 1 saturated heterocycles. The predicted octanol–water partition coefficient (Wildman–Crippen LogP) is 4.04. The summed E-state index contributed by atoms with van der Waals surface area (Å²) >= 11 is 4.94. The van der Waals surface area contributed by atoms with Gasteiger partial charge in [0.1, 0.15) is 15.6 Å². The first-order chi connectivity index (χ1) is 14.0. The molecular weight excluding hydrogens is 524 g/mol. The number of amidine groups is 1. The molecule has 2 atom stereocenters. The monoisotopic (exact) mass is 539 g/mol. The number of benzene rings is 1. The Kier molecular flexibility index (Phi) is 4.87. The number of fused-ring (bicyclic) bond motifs is 2. The van der Waals surface area contributed by atoms with Crippen molar-refractivity contribution in [1.82, 2.24) is 9.88 Å². The molecule has 3 N–H and O–H groups in total. The van der Waals surface area contributed by atoms with Crippen LogP contribution in [0.15, 0.2) is 41.5 Å². The average molecular weight is 539 g/mol. The van der Waals surface area contributed by atoms with Crippen LogP contribution in [0.5, 0.6) is 0 Å². The number of rotatable bonds is 3. The number of amides is 1. The first-order valence-electron chi connectivity index (χ1n) is 8.88. The molecule has 0 unspecified atom stereocenters. The van der Waals surface area contributed by atoms with Crippen LogP contribution in [0.4, 0.5) is 15.1 Å². The highest BCUT2D eigenvalue weighted by Crippen LogP contribution is 2.39. The first-order valence-corrected chi connectivity index (χ1v) is 11.7. The molecule has 2 aromatic heterocycles. The zero-order chi connectivity index (χ0) is 20.1. The minimum Gasteiger partial charge on any atom is -0.379 e. The van der Waals surface area contributed by atoms with Gasteiger partial charge in [0.15, 0.2) is 5.17 Å². The van der Waals surface area contributed by atoms with Crippen LogP contribution in [0, 0.1) is 9.39 Å². The molecule has 0 aliphatic carbocycles. The second-order valence-electron chi connectivity index (χ2n) is 6.81. The number of anilines is 2. The van der Waals surface area contributed by atoms with E-state index < -0.39 is 0 Å². The molecule has 0 bridgehead atoms. The lowest BCUT2D eigenvalue weighted by Crippen LogP contribution is -2.30. The third-order valence-electron chi connectivity index (χ3n) is 4.95. The molecule has 29 heavy (non-hydrogen) atoms. The number of aliphatic imine (C=N–C) groups is 1. The van der Waals surface area contributed by atoms with Crippen LogP contribution >= 0.6 is 45.7 Å². The van der Waals surface area contributed by atoms with Crippen molar-refractivity contribution in [3.63, 3.8) is 0 Å². The number of nitrogens with zero attached hydrogens (tertiary/aromatic N) is 3. The lowest BCUT2D eigenvalue weighted by Gasteiger charge is -2.18. The Labute approximate surface area is 187 Å². The van der Waals surface area contributed by atoms with Crippen molar-refractivity contribution < 1.29 is 9.18 Å². The van der Waals surface area contributed by atoms with Crippen molar-refractivity contribution in [2.45, 2.75) is 11.3 Å². The third kappa shape index (κ3) is 3.46. The summed E-state index contributed by atoms with van der Waals surface area (Å²) in [7, 11) is 0. The fourth-order valence-corrected chi connectivity index (χ4v) is 6.18. The van der Waals surface area contributed by atoms with Gasteiger partial charge in [-0.25, -0.2) is 9.37 Å². The molecule has 0 radical (unpaired) electrons. The van der Waals surface area contributed by atoms with Crippen LogP contribution in [0.3, 0.4) is 0 Å².